The Morgan fingerprint density at radius 1 is 1.50 bits per heavy atom. The second-order valence-electron chi connectivity index (χ2n) is 5.09. The zero-order valence-electron chi connectivity index (χ0n) is 11.2. The number of carbonyl (C=O) groups is 2. The quantitative estimate of drug-likeness (QED) is 0.749. The zero-order chi connectivity index (χ0) is 14.9. The molecule has 108 valence electrons. The van der Waals surface area contributed by atoms with Crippen molar-refractivity contribution in [3.63, 3.8) is 0 Å². The molecule has 0 radical (unpaired) electrons. The van der Waals surface area contributed by atoms with E-state index in [1.54, 1.807) is 25.1 Å². The van der Waals surface area contributed by atoms with Gasteiger partial charge < -0.3 is 20.8 Å². The van der Waals surface area contributed by atoms with Gasteiger partial charge in [-0.05, 0) is 43.0 Å². The van der Waals surface area contributed by atoms with Crippen LogP contribution in [0.3, 0.4) is 0 Å². The molecule has 0 saturated carbocycles. The van der Waals surface area contributed by atoms with E-state index < -0.39 is 12.0 Å². The van der Waals surface area contributed by atoms with E-state index in [9.17, 15) is 14.7 Å². The number of aryl methyl sites for hydroxylation is 1. The molecule has 1 aromatic rings. The molecular weight excluding hydrogens is 260 g/mol. The van der Waals surface area contributed by atoms with Crippen LogP contribution in [0.15, 0.2) is 18.2 Å². The number of hydrogen-bond donors (Lipinski definition) is 3. The SMILES string of the molecule is C[C@H](N)C(=O)N(CC(=O)O)C1CCc2cc(O)ccc21. The highest BCUT2D eigenvalue weighted by Gasteiger charge is 2.33. The minimum atomic E-state index is -1.06. The first kappa shape index (κ1) is 14.3. The van der Waals surface area contributed by atoms with Crippen molar-refractivity contribution in [3.05, 3.63) is 29.3 Å². The minimum absolute atomic E-state index is 0.174. The standard InChI is InChI=1S/C14H18N2O4/c1-8(15)14(20)16(7-13(18)19)12-5-2-9-6-10(17)3-4-11(9)12/h3-4,6,8,12,17H,2,5,7,15H2,1H3,(H,18,19)/t8-,12?/m0/s1. The van der Waals surface area contributed by atoms with E-state index in [0.717, 1.165) is 11.1 Å². The number of carboxylic acid groups (broad SMARTS) is 1. The van der Waals surface area contributed by atoms with Crippen LogP contribution in [-0.2, 0) is 16.0 Å². The van der Waals surface area contributed by atoms with Crippen LogP contribution in [0.5, 0.6) is 5.75 Å². The number of nitrogens with zero attached hydrogens (tertiary/aromatic N) is 1. The molecule has 20 heavy (non-hydrogen) atoms. The van der Waals surface area contributed by atoms with Crippen molar-refractivity contribution in [1.82, 2.24) is 4.90 Å². The number of benzene rings is 1. The second kappa shape index (κ2) is 5.50. The third-order valence-corrected chi connectivity index (χ3v) is 3.53. The number of amides is 1. The van der Waals surface area contributed by atoms with Crippen LogP contribution in [0, 0.1) is 0 Å². The predicted molar refractivity (Wildman–Crippen MR) is 72.2 cm³/mol. The Labute approximate surface area is 116 Å². The van der Waals surface area contributed by atoms with Crippen LogP contribution in [0.25, 0.3) is 0 Å². The highest BCUT2D eigenvalue weighted by atomic mass is 16.4. The smallest absolute Gasteiger partial charge is 0.323 e. The van der Waals surface area contributed by atoms with E-state index in [1.165, 1.54) is 4.90 Å². The zero-order valence-corrected chi connectivity index (χ0v) is 11.2. The first-order chi connectivity index (χ1) is 9.40. The molecule has 1 aliphatic rings. The summed E-state index contributed by atoms with van der Waals surface area (Å²) in [5, 5.41) is 18.5. The third kappa shape index (κ3) is 2.75. The van der Waals surface area contributed by atoms with Gasteiger partial charge in [0.05, 0.1) is 12.1 Å². The van der Waals surface area contributed by atoms with Crippen molar-refractivity contribution >= 4 is 11.9 Å². The fraction of sp³-hybridized carbons (Fsp3) is 0.429. The minimum Gasteiger partial charge on any atom is -0.508 e. The molecule has 1 aliphatic carbocycles. The predicted octanol–water partition coefficient (Wildman–Crippen LogP) is 0.640. The summed E-state index contributed by atoms with van der Waals surface area (Å²) in [4.78, 5) is 24.4. The first-order valence-electron chi connectivity index (χ1n) is 6.49. The summed E-state index contributed by atoms with van der Waals surface area (Å²) in [6, 6.07) is 3.92. The van der Waals surface area contributed by atoms with Gasteiger partial charge in [0.15, 0.2) is 0 Å². The second-order valence-corrected chi connectivity index (χ2v) is 5.09. The van der Waals surface area contributed by atoms with Gasteiger partial charge in [-0.1, -0.05) is 6.07 Å². The van der Waals surface area contributed by atoms with Gasteiger partial charge in [-0.3, -0.25) is 9.59 Å². The van der Waals surface area contributed by atoms with Crippen molar-refractivity contribution in [2.75, 3.05) is 6.54 Å². The molecule has 0 heterocycles. The molecule has 0 spiro atoms. The monoisotopic (exact) mass is 278 g/mol. The molecule has 0 fully saturated rings. The summed E-state index contributed by atoms with van der Waals surface area (Å²) in [7, 11) is 0. The Balaban J connectivity index is 2.32. The Morgan fingerprint density at radius 3 is 2.80 bits per heavy atom. The molecule has 1 amide bonds. The van der Waals surface area contributed by atoms with Crippen LogP contribution in [0.2, 0.25) is 0 Å². The summed E-state index contributed by atoms with van der Waals surface area (Å²) in [6.45, 7) is 1.18. The summed E-state index contributed by atoms with van der Waals surface area (Å²) in [5.74, 6) is -1.27. The molecule has 0 bridgehead atoms. The number of aliphatic carboxylic acids is 1. The third-order valence-electron chi connectivity index (χ3n) is 3.53. The number of carboxylic acids is 1. The van der Waals surface area contributed by atoms with E-state index >= 15 is 0 Å². The van der Waals surface area contributed by atoms with Crippen molar-refractivity contribution in [2.24, 2.45) is 5.73 Å². The molecule has 4 N–H and O–H groups in total. The highest BCUT2D eigenvalue weighted by molar-refractivity contribution is 5.85. The molecule has 0 aromatic heterocycles. The fourth-order valence-electron chi connectivity index (χ4n) is 2.65. The summed E-state index contributed by atoms with van der Waals surface area (Å²) >= 11 is 0. The molecule has 6 heteroatoms. The van der Waals surface area contributed by atoms with Gasteiger partial charge in [0.1, 0.15) is 12.3 Å². The number of phenols is 1. The number of nitrogens with two attached hydrogens (primary N) is 1. The lowest BCUT2D eigenvalue weighted by molar-refractivity contribution is -0.146. The van der Waals surface area contributed by atoms with Crippen LogP contribution in [-0.4, -0.2) is 39.6 Å². The molecular formula is C14H18N2O4. The average molecular weight is 278 g/mol. The molecule has 1 aromatic carbocycles. The van der Waals surface area contributed by atoms with Crippen molar-refractivity contribution < 1.29 is 19.8 Å². The Bertz CT molecular complexity index is 542. The van der Waals surface area contributed by atoms with Crippen LogP contribution in [0.1, 0.15) is 30.5 Å². The largest absolute Gasteiger partial charge is 0.508 e. The molecule has 0 saturated heterocycles. The molecule has 1 unspecified atom stereocenters. The van der Waals surface area contributed by atoms with E-state index in [-0.39, 0.29) is 24.2 Å². The topological polar surface area (TPSA) is 104 Å². The summed E-state index contributed by atoms with van der Waals surface area (Å²) < 4.78 is 0. The molecule has 0 aliphatic heterocycles. The van der Waals surface area contributed by atoms with Gasteiger partial charge in [0.25, 0.3) is 0 Å². The number of rotatable bonds is 4. The van der Waals surface area contributed by atoms with Crippen LogP contribution < -0.4 is 5.73 Å². The first-order valence-corrected chi connectivity index (χ1v) is 6.49. The van der Waals surface area contributed by atoms with Gasteiger partial charge in [0, 0.05) is 0 Å². The lowest BCUT2D eigenvalue weighted by Crippen LogP contribution is -2.45. The number of carbonyl (C=O) groups excluding carboxylic acids is 1. The maximum atomic E-state index is 12.1. The number of hydrogen-bond acceptors (Lipinski definition) is 4. The Kier molecular flexibility index (Phi) is 3.94. The lowest BCUT2D eigenvalue weighted by atomic mass is 10.1. The maximum absolute atomic E-state index is 12.1. The Morgan fingerprint density at radius 2 is 2.20 bits per heavy atom. The normalized spacial score (nSPS) is 18.4. The van der Waals surface area contributed by atoms with Gasteiger partial charge in [-0.2, -0.15) is 0 Å². The summed E-state index contributed by atoms with van der Waals surface area (Å²) in [6.07, 6.45) is 1.35. The average Bonchev–Trinajstić information content (AvgIpc) is 2.77. The number of aromatic hydroxyl groups is 1. The summed E-state index contributed by atoms with van der Waals surface area (Å²) in [5.41, 5.74) is 7.43. The van der Waals surface area contributed by atoms with E-state index in [4.69, 9.17) is 10.8 Å². The van der Waals surface area contributed by atoms with Crippen LogP contribution in [0.4, 0.5) is 0 Å². The lowest BCUT2D eigenvalue weighted by Gasteiger charge is -2.29. The Hall–Kier alpha value is -2.08. The number of fused-ring (bicyclic) bond motifs is 1. The fourth-order valence-corrected chi connectivity index (χ4v) is 2.65. The number of phenolic OH excluding ortho intramolecular Hbond substituents is 1. The highest BCUT2D eigenvalue weighted by Crippen LogP contribution is 2.37. The van der Waals surface area contributed by atoms with Gasteiger partial charge >= 0.3 is 5.97 Å². The van der Waals surface area contributed by atoms with E-state index in [2.05, 4.69) is 0 Å². The molecule has 6 nitrogen and oxygen atoms in total. The van der Waals surface area contributed by atoms with Crippen molar-refractivity contribution in [2.45, 2.75) is 31.8 Å². The van der Waals surface area contributed by atoms with E-state index in [1.807, 2.05) is 0 Å². The van der Waals surface area contributed by atoms with Gasteiger partial charge in [-0.25, -0.2) is 0 Å². The molecule has 2 rings (SSSR count). The molecule has 2 atom stereocenters. The van der Waals surface area contributed by atoms with E-state index in [0.29, 0.717) is 12.8 Å². The van der Waals surface area contributed by atoms with Crippen molar-refractivity contribution in [1.29, 1.82) is 0 Å². The van der Waals surface area contributed by atoms with Crippen molar-refractivity contribution in [3.8, 4) is 5.75 Å². The van der Waals surface area contributed by atoms with Gasteiger partial charge in [-0.15, -0.1) is 0 Å². The van der Waals surface area contributed by atoms with Crippen LogP contribution >= 0.6 is 0 Å². The maximum Gasteiger partial charge on any atom is 0.323 e. The van der Waals surface area contributed by atoms with Gasteiger partial charge in [0.2, 0.25) is 5.91 Å².